The van der Waals surface area contributed by atoms with Crippen LogP contribution in [0.3, 0.4) is 0 Å². The van der Waals surface area contributed by atoms with Crippen molar-refractivity contribution in [1.82, 2.24) is 4.90 Å². The molecule has 0 radical (unpaired) electrons. The minimum absolute atomic E-state index is 0.00256. The number of imide groups is 1. The fraction of sp³-hybridized carbons (Fsp3) is 0.833. The van der Waals surface area contributed by atoms with Crippen LogP contribution in [-0.2, 0) is 28.0 Å². The van der Waals surface area contributed by atoms with Gasteiger partial charge in [0.25, 0.3) is 5.91 Å². The van der Waals surface area contributed by atoms with Gasteiger partial charge in [0.15, 0.2) is 22.4 Å². The molecule has 1 aliphatic rings. The van der Waals surface area contributed by atoms with Crippen LogP contribution in [0.4, 0.5) is 0 Å². The molecular weight excluding hydrogens is 454 g/mol. The van der Waals surface area contributed by atoms with Crippen LogP contribution in [0.5, 0.6) is 0 Å². The van der Waals surface area contributed by atoms with Crippen molar-refractivity contribution in [2.75, 3.05) is 0 Å². The molecule has 0 saturated carbocycles. The lowest BCUT2D eigenvalue weighted by atomic mass is 9.72. The molecule has 1 fully saturated rings. The topological polar surface area (TPSA) is 90.0 Å². The van der Waals surface area contributed by atoms with E-state index in [1.165, 1.54) is 0 Å². The van der Waals surface area contributed by atoms with Crippen molar-refractivity contribution < 1.29 is 28.0 Å². The third-order valence-corrected chi connectivity index (χ3v) is 12.5. The first-order chi connectivity index (χ1) is 14.6. The molecule has 0 bridgehead atoms. The summed E-state index contributed by atoms with van der Waals surface area (Å²) < 4.78 is 12.6. The fourth-order valence-corrected chi connectivity index (χ4v) is 7.36. The van der Waals surface area contributed by atoms with Gasteiger partial charge in [0.2, 0.25) is 11.7 Å². The minimum Gasteiger partial charge on any atom is -0.413 e. The molecule has 0 aliphatic carbocycles. The Morgan fingerprint density at radius 1 is 1.00 bits per heavy atom. The Morgan fingerprint density at radius 2 is 1.48 bits per heavy atom. The van der Waals surface area contributed by atoms with E-state index >= 15 is 0 Å². The highest BCUT2D eigenvalue weighted by atomic mass is 28.4. The van der Waals surface area contributed by atoms with Gasteiger partial charge in [0, 0.05) is 12.3 Å². The molecule has 0 aromatic rings. The second-order valence-corrected chi connectivity index (χ2v) is 21.5. The van der Waals surface area contributed by atoms with Crippen LogP contribution >= 0.6 is 0 Å². The zero-order valence-electron chi connectivity index (χ0n) is 22.9. The van der Waals surface area contributed by atoms with Crippen molar-refractivity contribution in [3.8, 4) is 0 Å². The van der Waals surface area contributed by atoms with Gasteiger partial charge in [-0.2, -0.15) is 0 Å². The van der Waals surface area contributed by atoms with Crippen LogP contribution < -0.4 is 0 Å². The van der Waals surface area contributed by atoms with E-state index < -0.39 is 63.8 Å². The van der Waals surface area contributed by atoms with Crippen molar-refractivity contribution in [2.24, 2.45) is 11.8 Å². The molecule has 1 aliphatic heterocycles. The van der Waals surface area contributed by atoms with Crippen LogP contribution in [0, 0.1) is 11.8 Å². The Bertz CT molecular complexity index is 794. The molecule has 0 spiro atoms. The van der Waals surface area contributed by atoms with Crippen molar-refractivity contribution in [3.05, 3.63) is 0 Å². The molecule has 0 aromatic heterocycles. The van der Waals surface area contributed by atoms with Gasteiger partial charge < -0.3 is 8.85 Å². The molecular formula is C24H45NO6Si2. The highest BCUT2D eigenvalue weighted by molar-refractivity contribution is 6.74. The second-order valence-electron chi connectivity index (χ2n) is 12.3. The normalized spacial score (nSPS) is 22.0. The summed E-state index contributed by atoms with van der Waals surface area (Å²) in [6.07, 6.45) is -0.483. The zero-order chi connectivity index (χ0) is 26.3. The van der Waals surface area contributed by atoms with Crippen LogP contribution in [0.15, 0.2) is 0 Å². The lowest BCUT2D eigenvalue weighted by Crippen LogP contribution is -2.71. The van der Waals surface area contributed by atoms with Gasteiger partial charge in [-0.15, -0.1) is 0 Å². The van der Waals surface area contributed by atoms with Crippen LogP contribution in [0.25, 0.3) is 0 Å². The lowest BCUT2D eigenvalue weighted by Gasteiger charge is -2.52. The summed E-state index contributed by atoms with van der Waals surface area (Å²) in [6, 6.07) is -0.739. The Morgan fingerprint density at radius 3 is 1.88 bits per heavy atom. The van der Waals surface area contributed by atoms with E-state index in [1.54, 1.807) is 27.7 Å². The first kappa shape index (κ1) is 29.9. The molecule has 0 aromatic carbocycles. The molecule has 1 heterocycles. The van der Waals surface area contributed by atoms with E-state index in [2.05, 4.69) is 33.9 Å². The standard InChI is InChI=1S/C24H45NO6Si2/c1-14-17(26)21(28)25-19(15(2)20(27)24(7,8)31-32(9,10)11)18(22(25)29)16(3)30-33(12,13)23(4,5)6/h15-16,18-19H,14H2,1-13H3/t15-,16-,18-,19-/m1/s1. The first-order valence-electron chi connectivity index (χ1n) is 11.9. The van der Waals surface area contributed by atoms with Gasteiger partial charge in [-0.1, -0.05) is 34.6 Å². The summed E-state index contributed by atoms with van der Waals surface area (Å²) in [7, 11) is -4.24. The van der Waals surface area contributed by atoms with Crippen LogP contribution in [-0.4, -0.2) is 62.7 Å². The van der Waals surface area contributed by atoms with E-state index in [9.17, 15) is 19.2 Å². The maximum Gasteiger partial charge on any atom is 0.296 e. The van der Waals surface area contributed by atoms with Crippen LogP contribution in [0.1, 0.15) is 61.8 Å². The second kappa shape index (κ2) is 9.83. The van der Waals surface area contributed by atoms with Gasteiger partial charge in [-0.25, -0.2) is 0 Å². The van der Waals surface area contributed by atoms with Crippen molar-refractivity contribution >= 4 is 40.0 Å². The summed E-state index contributed by atoms with van der Waals surface area (Å²) in [5, 5.41) is -0.0637. The molecule has 4 atom stereocenters. The smallest absolute Gasteiger partial charge is 0.296 e. The summed E-state index contributed by atoms with van der Waals surface area (Å²) in [4.78, 5) is 52.7. The number of ketones is 2. The number of nitrogens with zero attached hydrogens (tertiary/aromatic N) is 1. The number of amides is 2. The number of rotatable bonds is 10. The van der Waals surface area contributed by atoms with Crippen LogP contribution in [0.2, 0.25) is 37.8 Å². The molecule has 2 amide bonds. The number of hydrogen-bond donors (Lipinski definition) is 0. The summed E-state index contributed by atoms with van der Waals surface area (Å²) in [6.45, 7) is 25.2. The Labute approximate surface area is 202 Å². The highest BCUT2D eigenvalue weighted by Gasteiger charge is 2.59. The average Bonchev–Trinajstić information content (AvgIpc) is 2.60. The monoisotopic (exact) mass is 499 g/mol. The average molecular weight is 500 g/mol. The Kier molecular flexibility index (Phi) is 8.90. The molecule has 9 heteroatoms. The number of carbonyl (C=O) groups excluding carboxylic acids is 4. The van der Waals surface area contributed by atoms with E-state index in [-0.39, 0.29) is 17.2 Å². The maximum atomic E-state index is 13.5. The molecule has 1 saturated heterocycles. The van der Waals surface area contributed by atoms with Crippen molar-refractivity contribution in [3.63, 3.8) is 0 Å². The summed E-state index contributed by atoms with van der Waals surface area (Å²) >= 11 is 0. The molecule has 0 unspecified atom stereocenters. The number of likely N-dealkylation sites (tertiary alicyclic amines) is 1. The molecule has 1 rings (SSSR count). The third-order valence-electron chi connectivity index (χ3n) is 6.84. The third kappa shape index (κ3) is 6.49. The van der Waals surface area contributed by atoms with E-state index in [4.69, 9.17) is 8.85 Å². The zero-order valence-corrected chi connectivity index (χ0v) is 24.9. The van der Waals surface area contributed by atoms with E-state index in [0.29, 0.717) is 0 Å². The van der Waals surface area contributed by atoms with Gasteiger partial charge in [-0.05, 0) is 58.5 Å². The first-order valence-corrected chi connectivity index (χ1v) is 18.2. The molecule has 0 N–H and O–H groups in total. The Hall–Kier alpha value is -1.17. The van der Waals surface area contributed by atoms with Gasteiger partial charge in [0.05, 0.1) is 18.1 Å². The van der Waals surface area contributed by atoms with Crippen molar-refractivity contribution in [2.45, 2.75) is 117 Å². The predicted molar refractivity (Wildman–Crippen MR) is 135 cm³/mol. The van der Waals surface area contributed by atoms with Crippen molar-refractivity contribution in [1.29, 1.82) is 0 Å². The lowest BCUT2D eigenvalue weighted by molar-refractivity contribution is -0.179. The fourth-order valence-electron chi connectivity index (χ4n) is 4.30. The SMILES string of the molecule is CCC(=O)C(=O)N1C(=O)[C@H]([C@@H](C)O[Si](C)(C)C(C)(C)C)[C@H]1[C@@H](C)C(=O)C(C)(C)O[Si](C)(C)C. The van der Waals surface area contributed by atoms with Gasteiger partial charge >= 0.3 is 0 Å². The van der Waals surface area contributed by atoms with Gasteiger partial charge in [0.1, 0.15) is 5.60 Å². The molecule has 190 valence electrons. The van der Waals surface area contributed by atoms with E-state index in [1.807, 2.05) is 26.6 Å². The molecule has 7 nitrogen and oxygen atoms in total. The maximum absolute atomic E-state index is 13.5. The minimum atomic E-state index is -2.21. The predicted octanol–water partition coefficient (Wildman–Crippen LogP) is 4.56. The highest BCUT2D eigenvalue weighted by Crippen LogP contribution is 2.43. The summed E-state index contributed by atoms with van der Waals surface area (Å²) in [5.74, 6) is -3.48. The van der Waals surface area contributed by atoms with E-state index in [0.717, 1.165) is 4.90 Å². The number of Topliss-reactive ketones (excluding diaryl/α,β-unsaturated/α-hetero) is 2. The largest absolute Gasteiger partial charge is 0.413 e. The quantitative estimate of drug-likeness (QED) is 0.249. The van der Waals surface area contributed by atoms with Gasteiger partial charge in [-0.3, -0.25) is 24.1 Å². The Balaban J connectivity index is 3.35. The number of β-lactam (4-membered cyclic amide) rings is 1. The molecule has 33 heavy (non-hydrogen) atoms. The number of hydrogen-bond acceptors (Lipinski definition) is 6. The summed E-state index contributed by atoms with van der Waals surface area (Å²) in [5.41, 5.74) is -1.07. The number of carbonyl (C=O) groups is 4.